The van der Waals surface area contributed by atoms with Crippen LogP contribution in [0.1, 0.15) is 20.9 Å². The van der Waals surface area contributed by atoms with Gasteiger partial charge in [-0.2, -0.15) is 0 Å². The van der Waals surface area contributed by atoms with Crippen LogP contribution < -0.4 is 9.47 Å². The van der Waals surface area contributed by atoms with Crippen LogP contribution in [0.2, 0.25) is 0 Å². The Morgan fingerprint density at radius 2 is 1.91 bits per heavy atom. The summed E-state index contributed by atoms with van der Waals surface area (Å²) in [4.78, 5) is 38.3. The molecule has 3 aromatic rings. The zero-order valence-corrected chi connectivity index (χ0v) is 19.5. The Morgan fingerprint density at radius 3 is 2.71 bits per heavy atom. The molecule has 2 aromatic heterocycles. The van der Waals surface area contributed by atoms with Crippen LogP contribution in [0.25, 0.3) is 10.7 Å². The fourth-order valence-electron chi connectivity index (χ4n) is 3.92. The smallest absolute Gasteiger partial charge is 0.350 e. The van der Waals surface area contributed by atoms with Gasteiger partial charge in [-0.15, -0.1) is 11.3 Å². The Kier molecular flexibility index (Phi) is 6.41. The molecule has 2 aliphatic rings. The predicted octanol–water partition coefficient (Wildman–Crippen LogP) is 2.74. The van der Waals surface area contributed by atoms with Gasteiger partial charge in [-0.05, 0) is 36.8 Å². The number of nitrogens with zero attached hydrogens (tertiary/aromatic N) is 4. The number of rotatable bonds is 6. The second-order valence-corrected chi connectivity index (χ2v) is 9.07. The van der Waals surface area contributed by atoms with E-state index in [1.165, 1.54) is 11.3 Å². The van der Waals surface area contributed by atoms with E-state index in [4.69, 9.17) is 14.2 Å². The molecule has 176 valence electrons. The third-order valence-electron chi connectivity index (χ3n) is 5.76. The number of carbonyl (C=O) groups is 2. The number of esters is 1. The van der Waals surface area contributed by atoms with E-state index in [1.807, 2.05) is 36.4 Å². The third-order valence-corrected chi connectivity index (χ3v) is 6.92. The van der Waals surface area contributed by atoms with E-state index in [9.17, 15) is 9.59 Å². The summed E-state index contributed by atoms with van der Waals surface area (Å²) in [5.41, 5.74) is 2.41. The van der Waals surface area contributed by atoms with Gasteiger partial charge < -0.3 is 19.1 Å². The zero-order valence-electron chi connectivity index (χ0n) is 18.7. The predicted molar refractivity (Wildman–Crippen MR) is 125 cm³/mol. The highest BCUT2D eigenvalue weighted by Crippen LogP contribution is 2.33. The normalized spacial score (nSPS) is 15.4. The highest BCUT2D eigenvalue weighted by Gasteiger charge is 2.24. The van der Waals surface area contributed by atoms with Crippen LogP contribution in [0.15, 0.2) is 42.6 Å². The maximum absolute atomic E-state index is 12.6. The molecule has 34 heavy (non-hydrogen) atoms. The van der Waals surface area contributed by atoms with E-state index in [1.54, 1.807) is 18.0 Å². The first-order valence-electron chi connectivity index (χ1n) is 11.0. The lowest BCUT2D eigenvalue weighted by Crippen LogP contribution is -2.49. The maximum Gasteiger partial charge on any atom is 0.350 e. The van der Waals surface area contributed by atoms with Gasteiger partial charge in [0.1, 0.15) is 9.88 Å². The zero-order chi connectivity index (χ0) is 23.5. The number of thiazole rings is 1. The van der Waals surface area contributed by atoms with Gasteiger partial charge in [-0.3, -0.25) is 14.7 Å². The topological polar surface area (TPSA) is 94.1 Å². The fourth-order valence-corrected chi connectivity index (χ4v) is 4.86. The van der Waals surface area contributed by atoms with Crippen molar-refractivity contribution in [3.63, 3.8) is 0 Å². The summed E-state index contributed by atoms with van der Waals surface area (Å²) in [5.74, 6) is 0.821. The number of amides is 1. The minimum Gasteiger partial charge on any atom is -0.454 e. The summed E-state index contributed by atoms with van der Waals surface area (Å²) in [5, 5.41) is 0.648. The van der Waals surface area contributed by atoms with Crippen LogP contribution >= 0.6 is 11.3 Å². The van der Waals surface area contributed by atoms with E-state index in [2.05, 4.69) is 14.9 Å². The van der Waals surface area contributed by atoms with Crippen molar-refractivity contribution in [1.29, 1.82) is 0 Å². The monoisotopic (exact) mass is 480 g/mol. The lowest BCUT2D eigenvalue weighted by atomic mass is 10.1. The summed E-state index contributed by atoms with van der Waals surface area (Å²) >= 11 is 1.22. The highest BCUT2D eigenvalue weighted by molar-refractivity contribution is 7.17. The van der Waals surface area contributed by atoms with Gasteiger partial charge in [0.15, 0.2) is 18.1 Å². The minimum atomic E-state index is -0.535. The molecular weight excluding hydrogens is 456 g/mol. The number of aryl methyl sites for hydroxylation is 1. The van der Waals surface area contributed by atoms with Crippen molar-refractivity contribution < 1.29 is 23.8 Å². The van der Waals surface area contributed by atoms with Crippen molar-refractivity contribution >= 4 is 23.2 Å². The molecule has 0 spiro atoms. The molecule has 1 aromatic carbocycles. The first-order chi connectivity index (χ1) is 16.6. The molecule has 5 rings (SSSR count). The Bertz CT molecular complexity index is 1190. The van der Waals surface area contributed by atoms with Crippen molar-refractivity contribution in [3.8, 4) is 22.2 Å². The lowest BCUT2D eigenvalue weighted by Gasteiger charge is -2.34. The number of ether oxygens (including phenoxy) is 3. The quantitative estimate of drug-likeness (QED) is 0.497. The first kappa shape index (κ1) is 22.3. The molecule has 0 saturated carbocycles. The number of hydrogen-bond acceptors (Lipinski definition) is 9. The van der Waals surface area contributed by atoms with E-state index >= 15 is 0 Å². The SMILES string of the molecule is Cc1nc(-c2ccccn2)sc1C(=O)OCC(=O)N1CCN(Cc2ccc3c(c2)OCO3)CC1. The first-order valence-corrected chi connectivity index (χ1v) is 11.8. The van der Waals surface area contributed by atoms with Crippen molar-refractivity contribution in [2.45, 2.75) is 13.5 Å². The van der Waals surface area contributed by atoms with Crippen LogP contribution in [-0.4, -0.2) is 71.2 Å². The van der Waals surface area contributed by atoms with E-state index in [0.717, 1.165) is 36.7 Å². The molecule has 0 radical (unpaired) electrons. The standard InChI is InChI=1S/C24H24N4O5S/c1-16-22(34-23(26-16)18-4-2-3-7-25-18)24(30)31-14-21(29)28-10-8-27(9-11-28)13-17-5-6-19-20(12-17)33-15-32-19/h2-7,12H,8-11,13-15H2,1H3. The van der Waals surface area contributed by atoms with Gasteiger partial charge in [-0.1, -0.05) is 12.1 Å². The van der Waals surface area contributed by atoms with Crippen molar-refractivity contribution in [1.82, 2.24) is 19.8 Å². The summed E-state index contributed by atoms with van der Waals surface area (Å²) in [6, 6.07) is 11.5. The highest BCUT2D eigenvalue weighted by atomic mass is 32.1. The minimum absolute atomic E-state index is 0.191. The lowest BCUT2D eigenvalue weighted by molar-refractivity contribution is -0.136. The Labute approximate surface area is 200 Å². The fraction of sp³-hybridized carbons (Fsp3) is 0.333. The molecule has 1 saturated heterocycles. The van der Waals surface area contributed by atoms with Crippen molar-refractivity contribution in [2.75, 3.05) is 39.6 Å². The summed E-state index contributed by atoms with van der Waals surface area (Å²) in [6.07, 6.45) is 1.68. The van der Waals surface area contributed by atoms with Crippen LogP contribution in [-0.2, 0) is 16.1 Å². The summed E-state index contributed by atoms with van der Waals surface area (Å²) in [7, 11) is 0. The second kappa shape index (κ2) is 9.78. The number of pyridine rings is 1. The molecule has 2 aliphatic heterocycles. The van der Waals surface area contributed by atoms with Gasteiger partial charge in [0.05, 0.1) is 11.4 Å². The third kappa shape index (κ3) is 4.87. The van der Waals surface area contributed by atoms with E-state index in [0.29, 0.717) is 34.4 Å². The molecule has 0 bridgehead atoms. The van der Waals surface area contributed by atoms with Gasteiger partial charge >= 0.3 is 5.97 Å². The van der Waals surface area contributed by atoms with Crippen molar-refractivity contribution in [2.24, 2.45) is 0 Å². The number of aromatic nitrogens is 2. The molecular formula is C24H24N4O5S. The molecule has 0 N–H and O–H groups in total. The molecule has 9 nitrogen and oxygen atoms in total. The second-order valence-electron chi connectivity index (χ2n) is 8.07. The molecule has 0 aliphatic carbocycles. The molecule has 10 heteroatoms. The molecule has 1 fully saturated rings. The van der Waals surface area contributed by atoms with Crippen molar-refractivity contribution in [3.05, 3.63) is 58.7 Å². The van der Waals surface area contributed by atoms with E-state index < -0.39 is 5.97 Å². The molecule has 4 heterocycles. The van der Waals surface area contributed by atoms with E-state index in [-0.39, 0.29) is 19.3 Å². The number of fused-ring (bicyclic) bond motifs is 1. The van der Waals surface area contributed by atoms with Crippen LogP contribution in [0, 0.1) is 6.92 Å². The Balaban J connectivity index is 1.10. The van der Waals surface area contributed by atoms with Gasteiger partial charge in [0.2, 0.25) is 6.79 Å². The molecule has 1 amide bonds. The van der Waals surface area contributed by atoms with Gasteiger partial charge in [0, 0.05) is 38.9 Å². The number of hydrogen-bond donors (Lipinski definition) is 0. The Hall–Kier alpha value is -3.50. The Morgan fingerprint density at radius 1 is 1.09 bits per heavy atom. The molecule has 0 unspecified atom stereocenters. The summed E-state index contributed by atoms with van der Waals surface area (Å²) in [6.45, 7) is 5.17. The average molecular weight is 481 g/mol. The maximum atomic E-state index is 12.6. The average Bonchev–Trinajstić information content (AvgIpc) is 3.49. The largest absolute Gasteiger partial charge is 0.454 e. The van der Waals surface area contributed by atoms with Gasteiger partial charge in [-0.25, -0.2) is 9.78 Å². The van der Waals surface area contributed by atoms with Crippen LogP contribution in [0.3, 0.4) is 0 Å². The van der Waals surface area contributed by atoms with Crippen LogP contribution in [0.5, 0.6) is 11.5 Å². The van der Waals surface area contributed by atoms with Gasteiger partial charge in [0.25, 0.3) is 5.91 Å². The number of carbonyl (C=O) groups excluding carboxylic acids is 2. The number of piperazine rings is 1. The molecule has 0 atom stereocenters. The summed E-state index contributed by atoms with van der Waals surface area (Å²) < 4.78 is 16.1. The number of benzene rings is 1. The van der Waals surface area contributed by atoms with Crippen LogP contribution in [0.4, 0.5) is 0 Å².